The van der Waals surface area contributed by atoms with E-state index in [2.05, 4.69) is 4.98 Å². The molecule has 1 atom stereocenters. The standard InChI is InChI=1S/C9H12N2O2/c12-8-4-9(13)11(6-8)5-7-2-1-3-10-7/h1-3,8,10,12H,4-6H2. The predicted octanol–water partition coefficient (Wildman–Crippen LogP) is 0.108. The second-order valence-electron chi connectivity index (χ2n) is 3.33. The highest BCUT2D eigenvalue weighted by molar-refractivity contribution is 5.78. The van der Waals surface area contributed by atoms with Gasteiger partial charge in [-0.1, -0.05) is 0 Å². The van der Waals surface area contributed by atoms with Crippen LogP contribution in [0.15, 0.2) is 18.3 Å². The lowest BCUT2D eigenvalue weighted by Gasteiger charge is -2.13. The number of amides is 1. The van der Waals surface area contributed by atoms with Crippen molar-refractivity contribution >= 4 is 5.91 Å². The van der Waals surface area contributed by atoms with Crippen molar-refractivity contribution in [2.24, 2.45) is 0 Å². The number of rotatable bonds is 2. The van der Waals surface area contributed by atoms with Crippen molar-refractivity contribution in [3.8, 4) is 0 Å². The molecule has 1 aromatic rings. The molecule has 0 spiro atoms. The maximum atomic E-state index is 11.3. The number of likely N-dealkylation sites (tertiary alicyclic amines) is 1. The molecule has 0 saturated carbocycles. The summed E-state index contributed by atoms with van der Waals surface area (Å²) in [5.41, 5.74) is 1.00. The molecule has 4 nitrogen and oxygen atoms in total. The molecule has 1 aliphatic rings. The quantitative estimate of drug-likeness (QED) is 0.678. The van der Waals surface area contributed by atoms with Gasteiger partial charge in [-0.2, -0.15) is 0 Å². The summed E-state index contributed by atoms with van der Waals surface area (Å²) in [5.74, 6) is 0.0297. The molecule has 13 heavy (non-hydrogen) atoms. The van der Waals surface area contributed by atoms with Gasteiger partial charge < -0.3 is 15.0 Å². The molecular formula is C9H12N2O2. The molecule has 0 radical (unpaired) electrons. The van der Waals surface area contributed by atoms with Crippen LogP contribution in [0.3, 0.4) is 0 Å². The SMILES string of the molecule is O=C1CC(O)CN1Cc1ccc[nH]1. The zero-order valence-electron chi connectivity index (χ0n) is 7.23. The molecule has 1 fully saturated rings. The summed E-state index contributed by atoms with van der Waals surface area (Å²) in [6.45, 7) is 1.03. The van der Waals surface area contributed by atoms with Crippen LogP contribution >= 0.6 is 0 Å². The molecule has 0 bridgehead atoms. The van der Waals surface area contributed by atoms with Gasteiger partial charge in [0, 0.05) is 18.4 Å². The summed E-state index contributed by atoms with van der Waals surface area (Å²) in [6, 6.07) is 3.82. The van der Waals surface area contributed by atoms with Gasteiger partial charge in [0.05, 0.1) is 19.1 Å². The van der Waals surface area contributed by atoms with Crippen molar-refractivity contribution in [2.75, 3.05) is 6.54 Å². The number of aromatic amines is 1. The third-order valence-corrected chi connectivity index (χ3v) is 2.22. The van der Waals surface area contributed by atoms with E-state index >= 15 is 0 Å². The van der Waals surface area contributed by atoms with Crippen LogP contribution in [0.4, 0.5) is 0 Å². The Hall–Kier alpha value is -1.29. The lowest BCUT2D eigenvalue weighted by Crippen LogP contribution is -2.25. The fourth-order valence-electron chi connectivity index (χ4n) is 1.58. The van der Waals surface area contributed by atoms with E-state index in [0.717, 1.165) is 5.69 Å². The molecule has 2 N–H and O–H groups in total. The largest absolute Gasteiger partial charge is 0.391 e. The molecule has 2 heterocycles. The number of hydrogen-bond donors (Lipinski definition) is 2. The van der Waals surface area contributed by atoms with E-state index in [1.54, 1.807) is 4.90 Å². The number of aliphatic hydroxyl groups excluding tert-OH is 1. The topological polar surface area (TPSA) is 56.3 Å². The number of aromatic nitrogens is 1. The zero-order chi connectivity index (χ0) is 9.26. The summed E-state index contributed by atoms with van der Waals surface area (Å²) in [4.78, 5) is 16.0. The molecule has 0 aromatic carbocycles. The monoisotopic (exact) mass is 180 g/mol. The van der Waals surface area contributed by atoms with Gasteiger partial charge in [-0.15, -0.1) is 0 Å². The molecule has 4 heteroatoms. The molecule has 2 rings (SSSR count). The van der Waals surface area contributed by atoms with Gasteiger partial charge >= 0.3 is 0 Å². The number of carbonyl (C=O) groups excluding carboxylic acids is 1. The molecule has 1 aliphatic heterocycles. The number of nitrogens with one attached hydrogen (secondary N) is 1. The van der Waals surface area contributed by atoms with Crippen molar-refractivity contribution < 1.29 is 9.90 Å². The molecule has 1 amide bonds. The fraction of sp³-hybridized carbons (Fsp3) is 0.444. The van der Waals surface area contributed by atoms with Gasteiger partial charge in [0.2, 0.25) is 5.91 Å². The molecule has 0 aliphatic carbocycles. The van der Waals surface area contributed by atoms with Gasteiger partial charge in [-0.25, -0.2) is 0 Å². The van der Waals surface area contributed by atoms with Crippen molar-refractivity contribution in [1.82, 2.24) is 9.88 Å². The van der Waals surface area contributed by atoms with Crippen molar-refractivity contribution in [3.05, 3.63) is 24.0 Å². The second-order valence-corrected chi connectivity index (χ2v) is 3.33. The first kappa shape index (κ1) is 8.31. The summed E-state index contributed by atoms with van der Waals surface area (Å²) in [7, 11) is 0. The summed E-state index contributed by atoms with van der Waals surface area (Å²) < 4.78 is 0. The van der Waals surface area contributed by atoms with Crippen LogP contribution in [0.1, 0.15) is 12.1 Å². The van der Waals surface area contributed by atoms with Crippen molar-refractivity contribution in [3.63, 3.8) is 0 Å². The average molecular weight is 180 g/mol. The number of aliphatic hydroxyl groups is 1. The smallest absolute Gasteiger partial charge is 0.225 e. The van der Waals surface area contributed by atoms with E-state index in [4.69, 9.17) is 0 Å². The molecule has 1 saturated heterocycles. The minimum Gasteiger partial charge on any atom is -0.391 e. The van der Waals surface area contributed by atoms with E-state index in [9.17, 15) is 9.90 Å². The summed E-state index contributed by atoms with van der Waals surface area (Å²) >= 11 is 0. The van der Waals surface area contributed by atoms with E-state index in [1.807, 2.05) is 18.3 Å². The fourth-order valence-corrected chi connectivity index (χ4v) is 1.58. The van der Waals surface area contributed by atoms with Crippen LogP contribution in [-0.4, -0.2) is 33.5 Å². The third kappa shape index (κ3) is 1.72. The highest BCUT2D eigenvalue weighted by Crippen LogP contribution is 2.13. The predicted molar refractivity (Wildman–Crippen MR) is 46.8 cm³/mol. The molecule has 1 aromatic heterocycles. The first-order valence-electron chi connectivity index (χ1n) is 4.34. The Morgan fingerprint density at radius 3 is 3.08 bits per heavy atom. The highest BCUT2D eigenvalue weighted by Gasteiger charge is 2.27. The maximum absolute atomic E-state index is 11.3. The van der Waals surface area contributed by atoms with Gasteiger partial charge in [0.15, 0.2) is 0 Å². The van der Waals surface area contributed by atoms with Crippen LogP contribution in [-0.2, 0) is 11.3 Å². The normalized spacial score (nSPS) is 22.7. The average Bonchev–Trinajstić information content (AvgIpc) is 2.63. The number of carbonyl (C=O) groups is 1. The van der Waals surface area contributed by atoms with Crippen molar-refractivity contribution in [2.45, 2.75) is 19.1 Å². The lowest BCUT2D eigenvalue weighted by molar-refractivity contribution is -0.128. The minimum absolute atomic E-state index is 0.0297. The van der Waals surface area contributed by atoms with Crippen LogP contribution < -0.4 is 0 Å². The van der Waals surface area contributed by atoms with Gasteiger partial charge in [0.25, 0.3) is 0 Å². The van der Waals surface area contributed by atoms with Crippen LogP contribution in [0.25, 0.3) is 0 Å². The maximum Gasteiger partial charge on any atom is 0.225 e. The van der Waals surface area contributed by atoms with E-state index in [-0.39, 0.29) is 12.3 Å². The number of nitrogens with zero attached hydrogens (tertiary/aromatic N) is 1. The number of β-amino-alcohol motifs (C(OH)–C–C–N with tert-alkyl or cyclic N) is 1. The Morgan fingerprint density at radius 1 is 1.69 bits per heavy atom. The van der Waals surface area contributed by atoms with E-state index in [0.29, 0.717) is 13.1 Å². The Kier molecular flexibility index (Phi) is 2.06. The second kappa shape index (κ2) is 3.22. The van der Waals surface area contributed by atoms with Crippen LogP contribution in [0.5, 0.6) is 0 Å². The molecule has 1 unspecified atom stereocenters. The minimum atomic E-state index is -0.484. The number of H-pyrrole nitrogens is 1. The van der Waals surface area contributed by atoms with Crippen molar-refractivity contribution in [1.29, 1.82) is 0 Å². The summed E-state index contributed by atoms with van der Waals surface area (Å²) in [5, 5.41) is 9.23. The Morgan fingerprint density at radius 2 is 2.54 bits per heavy atom. The first-order chi connectivity index (χ1) is 6.25. The lowest BCUT2D eigenvalue weighted by atomic mass is 10.3. The molecule has 70 valence electrons. The zero-order valence-corrected chi connectivity index (χ0v) is 7.23. The van der Waals surface area contributed by atoms with Gasteiger partial charge in [-0.05, 0) is 12.1 Å². The van der Waals surface area contributed by atoms with Gasteiger partial charge in [0.1, 0.15) is 0 Å². The number of hydrogen-bond acceptors (Lipinski definition) is 2. The Bertz CT molecular complexity index is 295. The summed E-state index contributed by atoms with van der Waals surface area (Å²) in [6.07, 6.45) is 1.61. The van der Waals surface area contributed by atoms with Gasteiger partial charge in [-0.3, -0.25) is 4.79 Å². The van der Waals surface area contributed by atoms with Crippen LogP contribution in [0.2, 0.25) is 0 Å². The highest BCUT2D eigenvalue weighted by atomic mass is 16.3. The first-order valence-corrected chi connectivity index (χ1v) is 4.34. The Balaban J connectivity index is 1.99. The third-order valence-electron chi connectivity index (χ3n) is 2.22. The van der Waals surface area contributed by atoms with E-state index < -0.39 is 6.10 Å². The van der Waals surface area contributed by atoms with Crippen LogP contribution in [0, 0.1) is 0 Å². The molecular weight excluding hydrogens is 168 g/mol. The van der Waals surface area contributed by atoms with E-state index in [1.165, 1.54) is 0 Å². The Labute approximate surface area is 76.2 Å².